The lowest BCUT2D eigenvalue weighted by Crippen LogP contribution is -2.44. The quantitative estimate of drug-likeness (QED) is 0.464. The van der Waals surface area contributed by atoms with Crippen LogP contribution in [0.15, 0.2) is 59.9 Å². The van der Waals surface area contributed by atoms with Crippen molar-refractivity contribution < 1.29 is 18.0 Å². The molecule has 8 heteroatoms. The van der Waals surface area contributed by atoms with Crippen molar-refractivity contribution in [3.05, 3.63) is 81.5 Å². The van der Waals surface area contributed by atoms with E-state index in [9.17, 15) is 13.2 Å². The zero-order valence-electron chi connectivity index (χ0n) is 17.1. The van der Waals surface area contributed by atoms with Gasteiger partial charge in [0.05, 0.1) is 5.71 Å². The molecule has 168 valence electrons. The van der Waals surface area contributed by atoms with E-state index in [1.54, 1.807) is 0 Å². The van der Waals surface area contributed by atoms with E-state index in [0.717, 1.165) is 18.7 Å². The lowest BCUT2D eigenvalue weighted by Gasteiger charge is -2.42. The van der Waals surface area contributed by atoms with Crippen molar-refractivity contribution >= 4 is 28.9 Å². The summed E-state index contributed by atoms with van der Waals surface area (Å²) in [6, 6.07) is 11.4. The Bertz CT molecular complexity index is 1070. The van der Waals surface area contributed by atoms with Crippen LogP contribution in [0.4, 0.5) is 13.2 Å². The smallest absolute Gasteiger partial charge is 0.374 e. The van der Waals surface area contributed by atoms with Crippen LogP contribution in [-0.2, 0) is 10.4 Å². The van der Waals surface area contributed by atoms with Gasteiger partial charge in [-0.3, -0.25) is 0 Å². The Morgan fingerprint density at radius 1 is 1.06 bits per heavy atom. The number of hydrogen-bond acceptors (Lipinski definition) is 3. The maximum atomic E-state index is 14.1. The van der Waals surface area contributed by atoms with Crippen molar-refractivity contribution in [2.24, 2.45) is 11.1 Å². The standard InChI is InChI=1S/C24H21Cl2F3N2O/c1-14(15-2-3-15)31-12-18(13-31)16-4-6-17(7-5-16)22-11-23(32-30-22,24(27,28)29)19-8-20(25)10-21(26)9-19/h4-10,15,18H,1-3,11-13H2. The largest absolute Gasteiger partial charge is 0.435 e. The summed E-state index contributed by atoms with van der Waals surface area (Å²) in [6.07, 6.45) is -2.68. The summed E-state index contributed by atoms with van der Waals surface area (Å²) in [4.78, 5) is 7.39. The van der Waals surface area contributed by atoms with E-state index in [1.807, 2.05) is 24.3 Å². The van der Waals surface area contributed by atoms with E-state index in [2.05, 4.69) is 16.6 Å². The SMILES string of the molecule is C=C(C1CC1)N1CC(c2ccc(C3=NOC(c4cc(Cl)cc(Cl)c4)(C(F)(F)F)C3)cc2)C1. The predicted octanol–water partition coefficient (Wildman–Crippen LogP) is 6.90. The van der Waals surface area contributed by atoms with E-state index < -0.39 is 18.2 Å². The van der Waals surface area contributed by atoms with Crippen molar-refractivity contribution in [3.8, 4) is 0 Å². The monoisotopic (exact) mass is 480 g/mol. The van der Waals surface area contributed by atoms with Crippen LogP contribution >= 0.6 is 23.2 Å². The highest BCUT2D eigenvalue weighted by Gasteiger charge is 2.62. The molecule has 0 spiro atoms. The minimum atomic E-state index is -4.70. The molecule has 2 aromatic carbocycles. The Morgan fingerprint density at radius 2 is 1.69 bits per heavy atom. The fourth-order valence-electron chi connectivity index (χ4n) is 4.39. The Morgan fingerprint density at radius 3 is 2.25 bits per heavy atom. The zero-order valence-corrected chi connectivity index (χ0v) is 18.6. The van der Waals surface area contributed by atoms with Crippen LogP contribution < -0.4 is 0 Å². The Balaban J connectivity index is 1.32. The Kier molecular flexibility index (Phi) is 5.21. The summed E-state index contributed by atoms with van der Waals surface area (Å²) in [5.74, 6) is 1.06. The van der Waals surface area contributed by atoms with Gasteiger partial charge in [-0.1, -0.05) is 59.2 Å². The number of likely N-dealkylation sites (tertiary alicyclic amines) is 1. The normalized spacial score (nSPS) is 23.5. The van der Waals surface area contributed by atoms with Gasteiger partial charge >= 0.3 is 6.18 Å². The third kappa shape index (κ3) is 3.77. The summed E-state index contributed by atoms with van der Waals surface area (Å²) < 4.78 is 42.4. The van der Waals surface area contributed by atoms with Crippen LogP contribution in [0.25, 0.3) is 0 Å². The highest BCUT2D eigenvalue weighted by Crippen LogP contribution is 2.50. The molecule has 2 aromatic rings. The zero-order chi connectivity index (χ0) is 22.7. The lowest BCUT2D eigenvalue weighted by atomic mass is 9.85. The van der Waals surface area contributed by atoms with Crippen LogP contribution in [0.3, 0.4) is 0 Å². The number of allylic oxidation sites excluding steroid dienone is 1. The number of alkyl halides is 3. The maximum Gasteiger partial charge on any atom is 0.435 e. The van der Waals surface area contributed by atoms with E-state index in [0.29, 0.717) is 17.4 Å². The van der Waals surface area contributed by atoms with E-state index in [1.165, 1.54) is 36.7 Å². The molecule has 2 heterocycles. The topological polar surface area (TPSA) is 24.8 Å². The highest BCUT2D eigenvalue weighted by atomic mass is 35.5. The first-order valence-corrected chi connectivity index (χ1v) is 11.2. The van der Waals surface area contributed by atoms with Crippen LogP contribution in [0, 0.1) is 5.92 Å². The first kappa shape index (κ1) is 21.7. The molecular formula is C24H21Cl2F3N2O. The Labute approximate surface area is 194 Å². The molecule has 1 saturated carbocycles. The van der Waals surface area contributed by atoms with Crippen LogP contribution in [0.5, 0.6) is 0 Å². The number of hydrogen-bond donors (Lipinski definition) is 0. The first-order valence-electron chi connectivity index (χ1n) is 10.5. The summed E-state index contributed by atoms with van der Waals surface area (Å²) in [5, 5.41) is 4.04. The molecule has 0 N–H and O–H groups in total. The summed E-state index contributed by atoms with van der Waals surface area (Å²) in [7, 11) is 0. The molecule has 0 amide bonds. The van der Waals surface area contributed by atoms with Gasteiger partial charge in [0, 0.05) is 46.7 Å². The van der Waals surface area contributed by atoms with Crippen molar-refractivity contribution in [2.75, 3.05) is 13.1 Å². The molecule has 0 bridgehead atoms. The fraction of sp³-hybridized carbons (Fsp3) is 0.375. The van der Waals surface area contributed by atoms with Crippen LogP contribution in [0.2, 0.25) is 10.0 Å². The van der Waals surface area contributed by atoms with Crippen molar-refractivity contribution in [2.45, 2.75) is 37.0 Å². The van der Waals surface area contributed by atoms with Gasteiger partial charge in [-0.25, -0.2) is 0 Å². The average Bonchev–Trinajstić information content (AvgIpc) is 3.43. The van der Waals surface area contributed by atoms with Gasteiger partial charge in [-0.05, 0) is 48.1 Å². The van der Waals surface area contributed by atoms with Gasteiger partial charge < -0.3 is 9.74 Å². The first-order chi connectivity index (χ1) is 15.2. The molecule has 3 nitrogen and oxygen atoms in total. The van der Waals surface area contributed by atoms with Gasteiger partial charge in [0.25, 0.3) is 5.60 Å². The summed E-state index contributed by atoms with van der Waals surface area (Å²) >= 11 is 11.9. The van der Waals surface area contributed by atoms with Gasteiger partial charge in [-0.2, -0.15) is 13.2 Å². The molecule has 1 aliphatic carbocycles. The van der Waals surface area contributed by atoms with Gasteiger partial charge in [0.15, 0.2) is 0 Å². The fourth-order valence-corrected chi connectivity index (χ4v) is 4.92. The third-order valence-corrected chi connectivity index (χ3v) is 7.00. The molecule has 2 aliphatic heterocycles. The van der Waals surface area contributed by atoms with Crippen LogP contribution in [-0.4, -0.2) is 29.9 Å². The third-order valence-electron chi connectivity index (χ3n) is 6.57. The minimum Gasteiger partial charge on any atom is -0.374 e. The average molecular weight is 481 g/mol. The maximum absolute atomic E-state index is 14.1. The van der Waals surface area contributed by atoms with E-state index >= 15 is 0 Å². The lowest BCUT2D eigenvalue weighted by molar-refractivity contribution is -0.275. The van der Waals surface area contributed by atoms with Gasteiger partial charge in [0.1, 0.15) is 0 Å². The molecule has 1 atom stereocenters. The molecule has 32 heavy (non-hydrogen) atoms. The van der Waals surface area contributed by atoms with Crippen molar-refractivity contribution in [3.63, 3.8) is 0 Å². The summed E-state index contributed by atoms with van der Waals surface area (Å²) in [5.41, 5.74) is 0.460. The van der Waals surface area contributed by atoms with Gasteiger partial charge in [-0.15, -0.1) is 0 Å². The van der Waals surface area contributed by atoms with Gasteiger partial charge in [0.2, 0.25) is 0 Å². The minimum absolute atomic E-state index is 0.108. The second-order valence-corrected chi connectivity index (χ2v) is 9.65. The highest BCUT2D eigenvalue weighted by molar-refractivity contribution is 6.34. The molecule has 3 aliphatic rings. The number of halogens is 5. The second-order valence-electron chi connectivity index (χ2n) is 8.78. The molecular weight excluding hydrogens is 460 g/mol. The van der Waals surface area contributed by atoms with E-state index in [4.69, 9.17) is 28.0 Å². The molecule has 0 radical (unpaired) electrons. The number of benzene rings is 2. The number of nitrogens with zero attached hydrogens (tertiary/aromatic N) is 2. The van der Waals surface area contributed by atoms with Crippen LogP contribution in [0.1, 0.15) is 41.9 Å². The van der Waals surface area contributed by atoms with Crippen molar-refractivity contribution in [1.29, 1.82) is 0 Å². The number of rotatable bonds is 5. The second kappa shape index (κ2) is 7.70. The molecule has 2 fully saturated rings. The molecule has 1 saturated heterocycles. The molecule has 1 unspecified atom stereocenters. The van der Waals surface area contributed by atoms with Crippen molar-refractivity contribution in [1.82, 2.24) is 4.90 Å². The summed E-state index contributed by atoms with van der Waals surface area (Å²) in [6.45, 7) is 6.06. The molecule has 5 rings (SSSR count). The number of oxime groups is 1. The Hall–Kier alpha value is -2.18. The van der Waals surface area contributed by atoms with E-state index in [-0.39, 0.29) is 21.3 Å². The predicted molar refractivity (Wildman–Crippen MR) is 119 cm³/mol. The molecule has 0 aromatic heterocycles.